The smallest absolute Gasteiger partial charge is 0.238 e. The molecule has 0 saturated carbocycles. The van der Waals surface area contributed by atoms with E-state index in [1.807, 2.05) is 30.3 Å². The monoisotopic (exact) mass is 364 g/mol. The van der Waals surface area contributed by atoms with E-state index in [9.17, 15) is 4.79 Å². The number of carbonyl (C=O) groups excluding carboxylic acids is 1. The molecule has 0 spiro atoms. The summed E-state index contributed by atoms with van der Waals surface area (Å²) in [5.41, 5.74) is 8.47. The van der Waals surface area contributed by atoms with Crippen LogP contribution in [0, 0.1) is 0 Å². The second kappa shape index (κ2) is 8.86. The fraction of sp³-hybridized carbons (Fsp3) is 0.200. The van der Waals surface area contributed by atoms with Crippen LogP contribution in [0.2, 0.25) is 0 Å². The first-order valence-corrected chi connectivity index (χ1v) is 8.57. The summed E-state index contributed by atoms with van der Waals surface area (Å²) in [5, 5.41) is 9.06. The van der Waals surface area contributed by atoms with Gasteiger partial charge in [0.25, 0.3) is 0 Å². The maximum atomic E-state index is 10.8. The van der Waals surface area contributed by atoms with Crippen molar-refractivity contribution in [2.75, 3.05) is 0 Å². The second-order valence-corrected chi connectivity index (χ2v) is 5.99. The third kappa shape index (κ3) is 5.32. The van der Waals surface area contributed by atoms with E-state index in [0.29, 0.717) is 36.6 Å². The van der Waals surface area contributed by atoms with Crippen molar-refractivity contribution in [3.8, 4) is 22.8 Å². The molecule has 0 bridgehead atoms. The highest BCUT2D eigenvalue weighted by atomic mass is 16.5. The molecule has 0 radical (unpaired) electrons. The maximum absolute atomic E-state index is 10.8. The van der Waals surface area contributed by atoms with E-state index in [2.05, 4.69) is 15.0 Å². The number of aliphatic hydroxyl groups is 1. The topological polar surface area (TPSA) is 111 Å². The third-order valence-corrected chi connectivity index (χ3v) is 3.92. The molecule has 3 rings (SSSR count). The summed E-state index contributed by atoms with van der Waals surface area (Å²) in [6.45, 7) is -0.0737. The maximum Gasteiger partial charge on any atom is 0.238 e. The van der Waals surface area contributed by atoms with E-state index in [1.54, 1.807) is 24.7 Å². The van der Waals surface area contributed by atoms with Crippen LogP contribution in [0.3, 0.4) is 0 Å². The lowest BCUT2D eigenvalue weighted by Gasteiger charge is -2.07. The Balaban J connectivity index is 1.64. The fourth-order valence-electron chi connectivity index (χ4n) is 2.52. The number of aromatic nitrogens is 3. The van der Waals surface area contributed by atoms with Crippen molar-refractivity contribution in [2.24, 2.45) is 5.73 Å². The van der Waals surface area contributed by atoms with E-state index in [0.717, 1.165) is 16.8 Å². The van der Waals surface area contributed by atoms with Crippen LogP contribution >= 0.6 is 0 Å². The number of nitrogens with two attached hydrogens (primary N) is 1. The molecule has 1 amide bonds. The summed E-state index contributed by atoms with van der Waals surface area (Å²) in [7, 11) is 0. The molecule has 7 heteroatoms. The number of aryl methyl sites for hydroxylation is 1. The van der Waals surface area contributed by atoms with Crippen LogP contribution in [0.25, 0.3) is 11.1 Å². The first kappa shape index (κ1) is 18.5. The normalized spacial score (nSPS) is 10.6. The van der Waals surface area contributed by atoms with E-state index in [1.165, 1.54) is 0 Å². The van der Waals surface area contributed by atoms with Crippen LogP contribution in [-0.2, 0) is 17.8 Å². The Kier molecular flexibility index (Phi) is 6.06. The lowest BCUT2D eigenvalue weighted by Crippen LogP contribution is -2.10. The van der Waals surface area contributed by atoms with Crippen molar-refractivity contribution in [2.45, 2.75) is 25.9 Å². The highest BCUT2D eigenvalue weighted by molar-refractivity contribution is 5.73. The third-order valence-electron chi connectivity index (χ3n) is 3.92. The molecule has 0 aliphatic carbocycles. The summed E-state index contributed by atoms with van der Waals surface area (Å²) in [4.78, 5) is 23.5. The number of rotatable bonds is 8. The summed E-state index contributed by atoms with van der Waals surface area (Å²) in [6, 6.07) is 11.2. The van der Waals surface area contributed by atoms with Gasteiger partial charge in [-0.2, -0.15) is 0 Å². The van der Waals surface area contributed by atoms with Gasteiger partial charge in [0.05, 0.1) is 24.2 Å². The van der Waals surface area contributed by atoms with Crippen molar-refractivity contribution in [3.05, 3.63) is 66.4 Å². The molecule has 2 heterocycles. The summed E-state index contributed by atoms with van der Waals surface area (Å²) >= 11 is 0. The zero-order valence-corrected chi connectivity index (χ0v) is 14.7. The molecule has 2 aromatic heterocycles. The van der Waals surface area contributed by atoms with E-state index >= 15 is 0 Å². The number of aliphatic hydroxyl groups excluding tert-OH is 1. The van der Waals surface area contributed by atoms with Crippen LogP contribution in [0.1, 0.15) is 24.2 Å². The van der Waals surface area contributed by atoms with Crippen LogP contribution < -0.4 is 10.5 Å². The molecule has 0 atom stereocenters. The Hall–Kier alpha value is -3.32. The molecular formula is C20H20N4O3. The molecule has 0 fully saturated rings. The Bertz CT molecular complexity index is 896. The fourth-order valence-corrected chi connectivity index (χ4v) is 2.52. The molecule has 0 aliphatic rings. The van der Waals surface area contributed by atoms with Gasteiger partial charge in [-0.25, -0.2) is 4.98 Å². The minimum absolute atomic E-state index is 0.0737. The molecule has 138 valence electrons. The molecule has 0 aliphatic heterocycles. The van der Waals surface area contributed by atoms with Gasteiger partial charge in [0.15, 0.2) is 0 Å². The number of ether oxygens (including phenoxy) is 1. The van der Waals surface area contributed by atoms with Gasteiger partial charge in [-0.3, -0.25) is 14.8 Å². The average Bonchev–Trinajstić information content (AvgIpc) is 2.69. The zero-order valence-electron chi connectivity index (χ0n) is 14.7. The van der Waals surface area contributed by atoms with Crippen molar-refractivity contribution >= 4 is 5.91 Å². The summed E-state index contributed by atoms with van der Waals surface area (Å²) in [6.07, 6.45) is 6.49. The van der Waals surface area contributed by atoms with Crippen LogP contribution in [0.15, 0.2) is 55.0 Å². The van der Waals surface area contributed by atoms with Crippen LogP contribution in [0.4, 0.5) is 0 Å². The minimum Gasteiger partial charge on any atom is -0.437 e. The standard InChI is InChI=1S/C20H20N4O3/c21-19(26)3-1-2-16-11-22-12-20(24-16)27-18-8-5-14(6-9-18)15-4-7-17(13-25)23-10-15/h4-12,25H,1-3,13H2,(H2,21,26). The van der Waals surface area contributed by atoms with Gasteiger partial charge in [0, 0.05) is 24.4 Å². The number of primary amides is 1. The minimum atomic E-state index is -0.323. The Morgan fingerprint density at radius 3 is 2.44 bits per heavy atom. The van der Waals surface area contributed by atoms with Crippen molar-refractivity contribution in [1.82, 2.24) is 15.0 Å². The average molecular weight is 364 g/mol. The van der Waals surface area contributed by atoms with E-state index in [4.69, 9.17) is 15.6 Å². The van der Waals surface area contributed by atoms with Gasteiger partial charge in [-0.05, 0) is 36.6 Å². The predicted molar refractivity (Wildman–Crippen MR) is 99.8 cm³/mol. The number of nitrogens with zero attached hydrogens (tertiary/aromatic N) is 3. The molecule has 1 aromatic carbocycles. The van der Waals surface area contributed by atoms with E-state index < -0.39 is 0 Å². The van der Waals surface area contributed by atoms with Crippen molar-refractivity contribution < 1.29 is 14.6 Å². The Morgan fingerprint density at radius 1 is 1.00 bits per heavy atom. The summed E-state index contributed by atoms with van der Waals surface area (Å²) in [5.74, 6) is 0.715. The van der Waals surface area contributed by atoms with Crippen LogP contribution in [-0.4, -0.2) is 26.0 Å². The summed E-state index contributed by atoms with van der Waals surface area (Å²) < 4.78 is 5.76. The van der Waals surface area contributed by atoms with Gasteiger partial charge in [0.1, 0.15) is 5.75 Å². The Labute approximate surface area is 156 Å². The molecular weight excluding hydrogens is 344 g/mol. The van der Waals surface area contributed by atoms with Crippen molar-refractivity contribution in [3.63, 3.8) is 0 Å². The van der Waals surface area contributed by atoms with Crippen LogP contribution in [0.5, 0.6) is 11.6 Å². The van der Waals surface area contributed by atoms with Gasteiger partial charge in [0.2, 0.25) is 11.8 Å². The molecule has 3 N–H and O–H groups in total. The highest BCUT2D eigenvalue weighted by Crippen LogP contribution is 2.24. The second-order valence-electron chi connectivity index (χ2n) is 5.99. The molecule has 0 saturated heterocycles. The first-order valence-electron chi connectivity index (χ1n) is 8.57. The highest BCUT2D eigenvalue weighted by Gasteiger charge is 2.05. The number of pyridine rings is 1. The lowest BCUT2D eigenvalue weighted by molar-refractivity contribution is -0.118. The molecule has 7 nitrogen and oxygen atoms in total. The predicted octanol–water partition coefficient (Wildman–Crippen LogP) is 2.63. The van der Waals surface area contributed by atoms with Gasteiger partial charge in [-0.1, -0.05) is 18.2 Å². The largest absolute Gasteiger partial charge is 0.437 e. The molecule has 3 aromatic rings. The quantitative estimate of drug-likeness (QED) is 0.635. The number of amides is 1. The lowest BCUT2D eigenvalue weighted by atomic mass is 10.1. The Morgan fingerprint density at radius 2 is 1.78 bits per heavy atom. The molecule has 27 heavy (non-hydrogen) atoms. The first-order chi connectivity index (χ1) is 13.1. The van der Waals surface area contributed by atoms with Gasteiger partial charge in [-0.15, -0.1) is 0 Å². The van der Waals surface area contributed by atoms with E-state index in [-0.39, 0.29) is 12.5 Å². The van der Waals surface area contributed by atoms with Gasteiger partial charge < -0.3 is 15.6 Å². The number of benzene rings is 1. The van der Waals surface area contributed by atoms with Crippen molar-refractivity contribution in [1.29, 1.82) is 0 Å². The zero-order chi connectivity index (χ0) is 19.1. The molecule has 0 unspecified atom stereocenters. The number of carbonyl (C=O) groups is 1. The number of hydrogen-bond acceptors (Lipinski definition) is 6. The number of hydrogen-bond donors (Lipinski definition) is 2. The SMILES string of the molecule is NC(=O)CCCc1cncc(Oc2ccc(-c3ccc(CO)nc3)cc2)n1. The van der Waals surface area contributed by atoms with Gasteiger partial charge >= 0.3 is 0 Å².